The van der Waals surface area contributed by atoms with Crippen LogP contribution < -0.4 is 11.1 Å². The van der Waals surface area contributed by atoms with Crippen molar-refractivity contribution in [3.05, 3.63) is 0 Å². The fourth-order valence-electron chi connectivity index (χ4n) is 3.71. The van der Waals surface area contributed by atoms with E-state index >= 15 is 0 Å². The topological polar surface area (TPSA) is 55.1 Å². The van der Waals surface area contributed by atoms with Gasteiger partial charge in [-0.25, -0.2) is 0 Å². The smallest absolute Gasteiger partial charge is 0.223 e. The van der Waals surface area contributed by atoms with E-state index in [0.29, 0.717) is 12.0 Å². The first-order valence-corrected chi connectivity index (χ1v) is 7.96. The Morgan fingerprint density at radius 3 is 2.58 bits per heavy atom. The first kappa shape index (κ1) is 14.8. The fourth-order valence-corrected chi connectivity index (χ4v) is 3.71. The lowest BCUT2D eigenvalue weighted by molar-refractivity contribution is -0.128. The van der Waals surface area contributed by atoms with E-state index in [2.05, 4.69) is 26.1 Å². The quantitative estimate of drug-likeness (QED) is 0.807. The summed E-state index contributed by atoms with van der Waals surface area (Å²) in [4.78, 5) is 12.5. The van der Waals surface area contributed by atoms with E-state index < -0.39 is 0 Å². The molecule has 0 bridgehead atoms. The summed E-state index contributed by atoms with van der Waals surface area (Å²) in [6, 6.07) is 0.648. The van der Waals surface area contributed by atoms with Gasteiger partial charge in [0.25, 0.3) is 0 Å². The summed E-state index contributed by atoms with van der Waals surface area (Å²) in [6.07, 6.45) is 7.83. The van der Waals surface area contributed by atoms with Gasteiger partial charge in [0.15, 0.2) is 0 Å². The fraction of sp³-hybridized carbons (Fsp3) is 0.938. The molecule has 0 aromatic rings. The van der Waals surface area contributed by atoms with Crippen molar-refractivity contribution in [2.45, 2.75) is 77.8 Å². The number of hydrogen-bond acceptors (Lipinski definition) is 2. The average Bonchev–Trinajstić information content (AvgIpc) is 2.35. The molecule has 19 heavy (non-hydrogen) atoms. The number of amides is 1. The molecule has 2 fully saturated rings. The molecule has 3 nitrogen and oxygen atoms in total. The zero-order valence-electron chi connectivity index (χ0n) is 12.7. The van der Waals surface area contributed by atoms with Gasteiger partial charge in [-0.3, -0.25) is 4.79 Å². The van der Waals surface area contributed by atoms with Crippen LogP contribution >= 0.6 is 0 Å². The van der Waals surface area contributed by atoms with Gasteiger partial charge in [-0.1, -0.05) is 33.6 Å². The molecule has 4 unspecified atom stereocenters. The third-order valence-electron chi connectivity index (χ3n) is 5.43. The van der Waals surface area contributed by atoms with Gasteiger partial charge >= 0.3 is 0 Å². The van der Waals surface area contributed by atoms with Crippen molar-refractivity contribution < 1.29 is 4.79 Å². The monoisotopic (exact) mass is 266 g/mol. The van der Waals surface area contributed by atoms with Crippen molar-refractivity contribution in [2.75, 3.05) is 0 Å². The molecule has 3 N–H and O–H groups in total. The van der Waals surface area contributed by atoms with E-state index in [-0.39, 0.29) is 23.3 Å². The maximum atomic E-state index is 12.5. The maximum Gasteiger partial charge on any atom is 0.223 e. The molecule has 3 heteroatoms. The van der Waals surface area contributed by atoms with Gasteiger partial charge in [0.05, 0.1) is 0 Å². The summed E-state index contributed by atoms with van der Waals surface area (Å²) in [5.41, 5.74) is 6.29. The first-order valence-electron chi connectivity index (χ1n) is 7.96. The lowest BCUT2D eigenvalue weighted by Gasteiger charge is -2.40. The molecule has 0 heterocycles. The second kappa shape index (κ2) is 5.82. The van der Waals surface area contributed by atoms with Crippen LogP contribution in [-0.2, 0) is 4.79 Å². The van der Waals surface area contributed by atoms with Gasteiger partial charge in [0.1, 0.15) is 0 Å². The normalized spacial score (nSPS) is 38.7. The van der Waals surface area contributed by atoms with Crippen molar-refractivity contribution in [1.29, 1.82) is 0 Å². The van der Waals surface area contributed by atoms with E-state index in [1.807, 2.05) is 0 Å². The predicted molar refractivity (Wildman–Crippen MR) is 78.7 cm³/mol. The van der Waals surface area contributed by atoms with Crippen LogP contribution in [0.15, 0.2) is 0 Å². The highest BCUT2D eigenvalue weighted by Gasteiger charge is 2.36. The second-order valence-electron chi connectivity index (χ2n) is 7.45. The third kappa shape index (κ3) is 3.50. The molecule has 0 aromatic carbocycles. The lowest BCUT2D eigenvalue weighted by Crippen LogP contribution is -2.50. The van der Waals surface area contributed by atoms with Crippen LogP contribution in [0.25, 0.3) is 0 Å². The Hall–Kier alpha value is -0.570. The van der Waals surface area contributed by atoms with Gasteiger partial charge < -0.3 is 11.1 Å². The molecule has 110 valence electrons. The lowest BCUT2D eigenvalue weighted by atomic mass is 9.72. The maximum absolute atomic E-state index is 12.5. The van der Waals surface area contributed by atoms with E-state index in [0.717, 1.165) is 25.7 Å². The number of carbonyl (C=O) groups is 1. The zero-order chi connectivity index (χ0) is 14.0. The van der Waals surface area contributed by atoms with E-state index in [1.165, 1.54) is 19.3 Å². The molecule has 2 aliphatic rings. The molecule has 4 atom stereocenters. The van der Waals surface area contributed by atoms with Gasteiger partial charge in [-0.2, -0.15) is 0 Å². The Balaban J connectivity index is 1.90. The molecule has 2 aliphatic carbocycles. The van der Waals surface area contributed by atoms with Crippen molar-refractivity contribution in [3.63, 3.8) is 0 Å². The summed E-state index contributed by atoms with van der Waals surface area (Å²) in [5.74, 6) is 0.940. The second-order valence-corrected chi connectivity index (χ2v) is 7.45. The van der Waals surface area contributed by atoms with Gasteiger partial charge in [0, 0.05) is 18.0 Å². The Morgan fingerprint density at radius 2 is 1.95 bits per heavy atom. The van der Waals surface area contributed by atoms with Crippen LogP contribution in [0.3, 0.4) is 0 Å². The molecule has 1 amide bonds. The molecule has 0 spiro atoms. The standard InChI is InChI=1S/C16H30N2O/c1-11-10-12(7-8-13(11)17)15(19)18-14-6-4-5-9-16(14,2)3/h11-14H,4-10,17H2,1-3H3,(H,18,19). The minimum Gasteiger partial charge on any atom is -0.353 e. The van der Waals surface area contributed by atoms with Crippen LogP contribution in [-0.4, -0.2) is 18.0 Å². The van der Waals surface area contributed by atoms with Crippen molar-refractivity contribution >= 4 is 5.91 Å². The first-order chi connectivity index (χ1) is 8.90. The Kier molecular flexibility index (Phi) is 4.54. The number of hydrogen-bond donors (Lipinski definition) is 2. The Labute approximate surface area is 117 Å². The van der Waals surface area contributed by atoms with Crippen molar-refractivity contribution in [2.24, 2.45) is 23.0 Å². The minimum atomic E-state index is 0.188. The molecule has 0 aromatic heterocycles. The van der Waals surface area contributed by atoms with Crippen molar-refractivity contribution in [1.82, 2.24) is 5.32 Å². The highest BCUT2D eigenvalue weighted by Crippen LogP contribution is 2.36. The SMILES string of the molecule is CC1CC(C(=O)NC2CCCCC2(C)C)CCC1N. The van der Waals surface area contributed by atoms with Crippen LogP contribution in [0.1, 0.15) is 65.7 Å². The van der Waals surface area contributed by atoms with E-state index in [4.69, 9.17) is 5.73 Å². The summed E-state index contributed by atoms with van der Waals surface area (Å²) in [7, 11) is 0. The summed E-state index contributed by atoms with van der Waals surface area (Å²) >= 11 is 0. The molecule has 0 aliphatic heterocycles. The molecular weight excluding hydrogens is 236 g/mol. The number of rotatable bonds is 2. The average molecular weight is 266 g/mol. The number of carbonyl (C=O) groups excluding carboxylic acids is 1. The molecular formula is C16H30N2O. The highest BCUT2D eigenvalue weighted by atomic mass is 16.1. The van der Waals surface area contributed by atoms with Crippen LogP contribution in [0, 0.1) is 17.3 Å². The molecule has 0 radical (unpaired) electrons. The molecule has 2 saturated carbocycles. The zero-order valence-corrected chi connectivity index (χ0v) is 12.7. The summed E-state index contributed by atoms with van der Waals surface area (Å²) in [5, 5.41) is 3.33. The predicted octanol–water partition coefficient (Wildman–Crippen LogP) is 2.83. The van der Waals surface area contributed by atoms with Crippen LogP contribution in [0.5, 0.6) is 0 Å². The van der Waals surface area contributed by atoms with Gasteiger partial charge in [0.2, 0.25) is 5.91 Å². The third-order valence-corrected chi connectivity index (χ3v) is 5.43. The summed E-state index contributed by atoms with van der Waals surface area (Å²) < 4.78 is 0. The Morgan fingerprint density at radius 1 is 1.21 bits per heavy atom. The van der Waals surface area contributed by atoms with Crippen LogP contribution in [0.4, 0.5) is 0 Å². The van der Waals surface area contributed by atoms with Gasteiger partial charge in [-0.05, 0) is 43.4 Å². The largest absolute Gasteiger partial charge is 0.353 e. The van der Waals surface area contributed by atoms with Crippen LogP contribution in [0.2, 0.25) is 0 Å². The minimum absolute atomic E-state index is 0.188. The highest BCUT2D eigenvalue weighted by molar-refractivity contribution is 5.79. The number of nitrogens with two attached hydrogens (primary N) is 1. The molecule has 0 saturated heterocycles. The molecule has 2 rings (SSSR count). The van der Waals surface area contributed by atoms with Crippen molar-refractivity contribution in [3.8, 4) is 0 Å². The number of nitrogens with one attached hydrogen (secondary N) is 1. The Bertz CT molecular complexity index is 327. The summed E-state index contributed by atoms with van der Waals surface area (Å²) in [6.45, 7) is 6.75. The van der Waals surface area contributed by atoms with E-state index in [9.17, 15) is 4.79 Å². The van der Waals surface area contributed by atoms with Gasteiger partial charge in [-0.15, -0.1) is 0 Å². The van der Waals surface area contributed by atoms with E-state index in [1.54, 1.807) is 0 Å².